The van der Waals surface area contributed by atoms with E-state index in [1.54, 1.807) is 12.1 Å². The molecule has 0 aliphatic rings. The maximum Gasteiger partial charge on any atom is 0.271 e. The van der Waals surface area contributed by atoms with Crippen molar-refractivity contribution in [2.24, 2.45) is 0 Å². The summed E-state index contributed by atoms with van der Waals surface area (Å²) in [5.41, 5.74) is 0.772. The monoisotopic (exact) mass is 335 g/mol. The van der Waals surface area contributed by atoms with Gasteiger partial charge in [0.1, 0.15) is 5.75 Å². The van der Waals surface area contributed by atoms with Crippen LogP contribution in [0.5, 0.6) is 0 Å². The molecule has 121 valence electrons. The summed E-state index contributed by atoms with van der Waals surface area (Å²) >= 11 is 0. The second-order valence-corrected chi connectivity index (χ2v) is 7.12. The van der Waals surface area contributed by atoms with Crippen LogP contribution in [0.3, 0.4) is 0 Å². The van der Waals surface area contributed by atoms with Crippen LogP contribution in [0, 0.1) is 0 Å². The van der Waals surface area contributed by atoms with Gasteiger partial charge in [0.25, 0.3) is 10.1 Å². The van der Waals surface area contributed by atoms with Crippen molar-refractivity contribution >= 4 is 39.7 Å². The second kappa shape index (κ2) is 13.6. The fourth-order valence-electron chi connectivity index (χ4n) is 2.24. The van der Waals surface area contributed by atoms with Gasteiger partial charge in [0.2, 0.25) is 0 Å². The molecule has 0 saturated heterocycles. The molecule has 0 atom stereocenters. The Morgan fingerprint density at radius 1 is 0.864 bits per heavy atom. The summed E-state index contributed by atoms with van der Waals surface area (Å²) in [5, 5.41) is 0. The first-order valence-electron chi connectivity index (χ1n) is 8.05. The van der Waals surface area contributed by atoms with Crippen LogP contribution < -0.4 is 0 Å². The van der Waals surface area contributed by atoms with Gasteiger partial charge < -0.3 is 0 Å². The van der Waals surface area contributed by atoms with Gasteiger partial charge in [0, 0.05) is 29.6 Å². The van der Waals surface area contributed by atoms with Gasteiger partial charge in [0.05, 0.1) is 6.61 Å². The molecular formula is C17H28NaO3S. The number of benzene rings is 1. The zero-order valence-electron chi connectivity index (χ0n) is 14.1. The molecule has 1 aromatic rings. The average Bonchev–Trinajstić information content (AvgIpc) is 2.46. The minimum absolute atomic E-state index is 0. The molecule has 0 bridgehead atoms. The maximum absolute atomic E-state index is 11.8. The fraction of sp³-hybridized carbons (Fsp3) is 0.647. The molecule has 3 nitrogen and oxygen atoms in total. The summed E-state index contributed by atoms with van der Waals surface area (Å²) in [6, 6.07) is 9.15. The van der Waals surface area contributed by atoms with Gasteiger partial charge in [-0.1, -0.05) is 82.2 Å². The third-order valence-corrected chi connectivity index (χ3v) is 4.66. The van der Waals surface area contributed by atoms with Gasteiger partial charge in [-0.15, -0.1) is 0 Å². The van der Waals surface area contributed by atoms with Crippen molar-refractivity contribution < 1.29 is 12.6 Å². The van der Waals surface area contributed by atoms with Gasteiger partial charge >= 0.3 is 0 Å². The van der Waals surface area contributed by atoms with Crippen LogP contribution in [0.1, 0.15) is 63.9 Å². The van der Waals surface area contributed by atoms with E-state index in [1.807, 2.05) is 18.2 Å². The van der Waals surface area contributed by atoms with E-state index >= 15 is 0 Å². The van der Waals surface area contributed by atoms with Crippen molar-refractivity contribution in [3.8, 4) is 0 Å². The van der Waals surface area contributed by atoms with E-state index < -0.39 is 10.1 Å². The average molecular weight is 335 g/mol. The number of unbranched alkanes of at least 4 members (excludes halogenated alkanes) is 7. The van der Waals surface area contributed by atoms with E-state index in [4.69, 9.17) is 4.18 Å². The minimum Gasteiger partial charge on any atom is -0.270 e. The molecule has 0 aliphatic heterocycles. The van der Waals surface area contributed by atoms with Crippen molar-refractivity contribution in [1.29, 1.82) is 0 Å². The molecule has 1 radical (unpaired) electrons. The van der Waals surface area contributed by atoms with Gasteiger partial charge in [-0.05, 0) is 12.0 Å². The van der Waals surface area contributed by atoms with E-state index in [9.17, 15) is 8.42 Å². The summed E-state index contributed by atoms with van der Waals surface area (Å²) in [6.07, 6.45) is 9.49. The van der Waals surface area contributed by atoms with E-state index in [0.717, 1.165) is 18.4 Å². The Balaban J connectivity index is 0.00000441. The molecule has 0 amide bonds. The van der Waals surface area contributed by atoms with Crippen LogP contribution in [0.4, 0.5) is 0 Å². The van der Waals surface area contributed by atoms with Crippen molar-refractivity contribution in [2.45, 2.75) is 64.0 Å². The zero-order chi connectivity index (χ0) is 15.4. The number of rotatable bonds is 12. The third kappa shape index (κ3) is 11.7. The molecule has 5 heteroatoms. The first-order valence-corrected chi connectivity index (χ1v) is 9.63. The van der Waals surface area contributed by atoms with Gasteiger partial charge in [-0.25, -0.2) is 0 Å². The molecule has 22 heavy (non-hydrogen) atoms. The van der Waals surface area contributed by atoms with Crippen LogP contribution in [0.25, 0.3) is 0 Å². The largest absolute Gasteiger partial charge is 0.271 e. The molecule has 0 spiro atoms. The summed E-state index contributed by atoms with van der Waals surface area (Å²) in [6.45, 7) is 2.53. The molecule has 0 unspecified atom stereocenters. The van der Waals surface area contributed by atoms with Gasteiger partial charge in [0.15, 0.2) is 0 Å². The standard InChI is InChI=1S/C17H28O3S.Na/c1-2-3-4-5-6-7-8-12-15-20-21(18,19)16-17-13-10-9-11-14-17;/h9-11,13-14H,2-8,12,15-16H2,1H3;. The summed E-state index contributed by atoms with van der Waals surface area (Å²) in [5.74, 6) is -0.0368. The quantitative estimate of drug-likeness (QED) is 0.325. The van der Waals surface area contributed by atoms with Crippen LogP contribution in [-0.2, 0) is 20.1 Å². The van der Waals surface area contributed by atoms with Crippen LogP contribution >= 0.6 is 0 Å². The molecule has 1 aromatic carbocycles. The Kier molecular flexibility index (Phi) is 13.6. The first-order chi connectivity index (χ1) is 10.1. The summed E-state index contributed by atoms with van der Waals surface area (Å²) in [7, 11) is -3.44. The first kappa shape index (κ1) is 22.1. The molecule has 0 N–H and O–H groups in total. The Bertz CT molecular complexity index is 460. The minimum atomic E-state index is -3.44. The molecule has 0 aliphatic carbocycles. The van der Waals surface area contributed by atoms with Gasteiger partial charge in [-0.3, -0.25) is 4.18 Å². The molecule has 0 aromatic heterocycles. The predicted molar refractivity (Wildman–Crippen MR) is 93.4 cm³/mol. The second-order valence-electron chi connectivity index (χ2n) is 5.48. The number of hydrogen-bond acceptors (Lipinski definition) is 3. The Hall–Kier alpha value is 0.130. The smallest absolute Gasteiger partial charge is 0.270 e. The number of hydrogen-bond donors (Lipinski definition) is 0. The summed E-state index contributed by atoms with van der Waals surface area (Å²) < 4.78 is 28.6. The SMILES string of the molecule is CCCCCCCCCCOS(=O)(=O)Cc1ccccc1.[Na]. The third-order valence-electron chi connectivity index (χ3n) is 3.45. The van der Waals surface area contributed by atoms with Crippen LogP contribution in [0.2, 0.25) is 0 Å². The van der Waals surface area contributed by atoms with E-state index in [1.165, 1.54) is 38.5 Å². The van der Waals surface area contributed by atoms with Crippen LogP contribution in [0.15, 0.2) is 30.3 Å². The van der Waals surface area contributed by atoms with E-state index in [-0.39, 0.29) is 35.3 Å². The van der Waals surface area contributed by atoms with Gasteiger partial charge in [-0.2, -0.15) is 8.42 Å². The molecule has 0 heterocycles. The van der Waals surface area contributed by atoms with Crippen molar-refractivity contribution in [2.75, 3.05) is 6.61 Å². The summed E-state index contributed by atoms with van der Waals surface area (Å²) in [4.78, 5) is 0. The maximum atomic E-state index is 11.8. The predicted octanol–water partition coefficient (Wildman–Crippen LogP) is 4.29. The van der Waals surface area contributed by atoms with E-state index in [0.29, 0.717) is 6.61 Å². The molecule has 0 saturated carbocycles. The van der Waals surface area contributed by atoms with Crippen molar-refractivity contribution in [3.05, 3.63) is 35.9 Å². The van der Waals surface area contributed by atoms with Crippen molar-refractivity contribution in [1.82, 2.24) is 0 Å². The topological polar surface area (TPSA) is 43.4 Å². The Morgan fingerprint density at radius 2 is 1.41 bits per heavy atom. The fourth-order valence-corrected chi connectivity index (χ4v) is 3.30. The molecular weight excluding hydrogens is 307 g/mol. The zero-order valence-corrected chi connectivity index (χ0v) is 16.9. The van der Waals surface area contributed by atoms with Crippen molar-refractivity contribution in [3.63, 3.8) is 0 Å². The molecule has 0 fully saturated rings. The molecule has 1 rings (SSSR count). The van der Waals surface area contributed by atoms with Crippen LogP contribution in [-0.4, -0.2) is 44.6 Å². The Labute approximate surface area is 158 Å². The van der Waals surface area contributed by atoms with E-state index in [2.05, 4.69) is 6.92 Å². The normalized spacial score (nSPS) is 11.1. The Morgan fingerprint density at radius 3 is 2.00 bits per heavy atom.